The van der Waals surface area contributed by atoms with E-state index in [4.69, 9.17) is 0 Å². The van der Waals surface area contributed by atoms with E-state index >= 15 is 0 Å². The smallest absolute Gasteiger partial charge is 0.00858 e. The molecule has 0 fully saturated rings. The SMILES string of the molecule is [CH2]c1cc(SCCCCCCCCCCCCCCCCCC)cc(SCCCCCCCCCCCCCCCCCC)c1. The topological polar surface area (TPSA) is 0 Å². The van der Waals surface area contributed by atoms with Crippen molar-refractivity contribution < 1.29 is 0 Å². The molecule has 0 aromatic heterocycles. The minimum absolute atomic E-state index is 1.18. The molecule has 0 bridgehead atoms. The van der Waals surface area contributed by atoms with Crippen LogP contribution in [0.2, 0.25) is 0 Å². The number of unbranched alkanes of at least 4 members (excludes halogenated alkanes) is 30. The van der Waals surface area contributed by atoms with Gasteiger partial charge in [0.2, 0.25) is 0 Å². The van der Waals surface area contributed by atoms with Crippen LogP contribution in [0, 0.1) is 6.92 Å². The van der Waals surface area contributed by atoms with Gasteiger partial charge in [0.25, 0.3) is 0 Å². The zero-order valence-corrected chi connectivity index (χ0v) is 32.4. The summed E-state index contributed by atoms with van der Waals surface area (Å²) >= 11 is 4.09. The molecule has 0 saturated heterocycles. The van der Waals surface area contributed by atoms with Gasteiger partial charge in [-0.05, 0) is 55.0 Å². The number of rotatable bonds is 36. The third-order valence-corrected chi connectivity index (χ3v) is 11.6. The lowest BCUT2D eigenvalue weighted by Crippen LogP contribution is -1.87. The molecule has 0 nitrogen and oxygen atoms in total. The zero-order chi connectivity index (χ0) is 32.3. The van der Waals surface area contributed by atoms with E-state index in [0.29, 0.717) is 0 Å². The second kappa shape index (κ2) is 35.2. The molecule has 0 aliphatic rings. The number of hydrogen-bond acceptors (Lipinski definition) is 2. The van der Waals surface area contributed by atoms with E-state index in [9.17, 15) is 0 Å². The Balaban J connectivity index is 1.89. The van der Waals surface area contributed by atoms with Gasteiger partial charge in [-0.1, -0.05) is 206 Å². The number of thioether (sulfide) groups is 2. The highest BCUT2D eigenvalue weighted by molar-refractivity contribution is 8.00. The Kier molecular flexibility index (Phi) is 33.6. The van der Waals surface area contributed by atoms with Crippen molar-refractivity contribution in [3.05, 3.63) is 30.7 Å². The monoisotopic (exact) mass is 660 g/mol. The first-order valence-corrected chi connectivity index (χ1v) is 22.5. The lowest BCUT2D eigenvalue weighted by atomic mass is 10.0. The summed E-state index contributed by atoms with van der Waals surface area (Å²) in [5.74, 6) is 2.51. The van der Waals surface area contributed by atoms with E-state index in [-0.39, 0.29) is 0 Å². The van der Waals surface area contributed by atoms with Crippen molar-refractivity contribution in [1.82, 2.24) is 0 Å². The van der Waals surface area contributed by atoms with Crippen LogP contribution < -0.4 is 0 Å². The van der Waals surface area contributed by atoms with Crippen molar-refractivity contribution >= 4 is 23.5 Å². The molecule has 1 aromatic carbocycles. The van der Waals surface area contributed by atoms with Gasteiger partial charge in [0.15, 0.2) is 0 Å². The summed E-state index contributed by atoms with van der Waals surface area (Å²) < 4.78 is 0. The Morgan fingerprint density at radius 2 is 0.556 bits per heavy atom. The van der Waals surface area contributed by atoms with Crippen LogP contribution in [0.5, 0.6) is 0 Å². The third kappa shape index (κ3) is 31.0. The summed E-state index contributed by atoms with van der Waals surface area (Å²) in [6, 6.07) is 6.99. The maximum absolute atomic E-state index is 4.27. The largest absolute Gasteiger partial charge is 0.126 e. The molecule has 263 valence electrons. The van der Waals surface area contributed by atoms with Crippen molar-refractivity contribution in [2.45, 2.75) is 229 Å². The van der Waals surface area contributed by atoms with Crippen molar-refractivity contribution in [3.8, 4) is 0 Å². The van der Waals surface area contributed by atoms with E-state index in [0.717, 1.165) is 0 Å². The standard InChI is InChI=1S/C43H79S2/c1-4-6-8-10-12-14-16-18-20-22-24-26-28-30-32-34-36-44-42-38-41(3)39-43(40-42)45-37-35-33-31-29-27-25-23-21-19-17-15-13-11-9-7-5-2/h38-40H,3-37H2,1-2H3. The summed E-state index contributed by atoms with van der Waals surface area (Å²) in [5, 5.41) is 0. The van der Waals surface area contributed by atoms with Crippen LogP contribution in [0.1, 0.15) is 225 Å². The Labute approximate surface area is 293 Å². The Bertz CT molecular complexity index is 658. The minimum atomic E-state index is 1.18. The van der Waals surface area contributed by atoms with Crippen molar-refractivity contribution in [1.29, 1.82) is 0 Å². The van der Waals surface area contributed by atoms with Gasteiger partial charge >= 0.3 is 0 Å². The first-order chi connectivity index (χ1) is 22.3. The van der Waals surface area contributed by atoms with Crippen molar-refractivity contribution in [2.24, 2.45) is 0 Å². The summed E-state index contributed by atoms with van der Waals surface area (Å²) in [4.78, 5) is 2.86. The fourth-order valence-electron chi connectivity index (χ4n) is 6.48. The highest BCUT2D eigenvalue weighted by Crippen LogP contribution is 2.29. The van der Waals surface area contributed by atoms with Gasteiger partial charge in [-0.15, -0.1) is 23.5 Å². The summed E-state index contributed by atoms with van der Waals surface area (Å²) in [5.41, 5.74) is 1.18. The predicted molar refractivity (Wildman–Crippen MR) is 211 cm³/mol. The molecular formula is C43H79S2. The summed E-state index contributed by atoms with van der Waals surface area (Å²) in [6.07, 6.45) is 46.1. The van der Waals surface area contributed by atoms with Crippen LogP contribution >= 0.6 is 23.5 Å². The molecule has 0 spiro atoms. The van der Waals surface area contributed by atoms with Crippen molar-refractivity contribution in [2.75, 3.05) is 11.5 Å². The molecular weight excluding hydrogens is 581 g/mol. The number of benzene rings is 1. The molecule has 0 N–H and O–H groups in total. The molecule has 0 unspecified atom stereocenters. The second-order valence-corrected chi connectivity index (χ2v) is 16.5. The first kappa shape index (κ1) is 42.9. The molecule has 0 heterocycles. The quantitative estimate of drug-likeness (QED) is 0.0519. The molecule has 1 radical (unpaired) electrons. The molecule has 1 aromatic rings. The van der Waals surface area contributed by atoms with Crippen LogP contribution in [0.4, 0.5) is 0 Å². The van der Waals surface area contributed by atoms with Gasteiger partial charge in [0, 0.05) is 9.79 Å². The van der Waals surface area contributed by atoms with Crippen LogP contribution in [-0.2, 0) is 0 Å². The number of hydrogen-bond donors (Lipinski definition) is 0. The van der Waals surface area contributed by atoms with E-state index in [1.54, 1.807) is 0 Å². The molecule has 0 saturated carbocycles. The molecule has 45 heavy (non-hydrogen) atoms. The van der Waals surface area contributed by atoms with Crippen molar-refractivity contribution in [3.63, 3.8) is 0 Å². The zero-order valence-electron chi connectivity index (χ0n) is 30.8. The van der Waals surface area contributed by atoms with E-state index in [1.807, 2.05) is 23.5 Å². The fraction of sp³-hybridized carbons (Fsp3) is 0.837. The molecule has 0 amide bonds. The molecule has 0 aliphatic heterocycles. The Morgan fingerprint density at radius 3 is 0.800 bits per heavy atom. The fourth-order valence-corrected chi connectivity index (χ4v) is 8.61. The molecule has 0 atom stereocenters. The molecule has 1 rings (SSSR count). The van der Waals surface area contributed by atoms with Crippen LogP contribution in [-0.4, -0.2) is 11.5 Å². The van der Waals surface area contributed by atoms with Crippen LogP contribution in [0.15, 0.2) is 28.0 Å². The van der Waals surface area contributed by atoms with Gasteiger partial charge in [-0.3, -0.25) is 0 Å². The average molecular weight is 660 g/mol. The minimum Gasteiger partial charge on any atom is -0.126 e. The van der Waals surface area contributed by atoms with Crippen LogP contribution in [0.3, 0.4) is 0 Å². The van der Waals surface area contributed by atoms with E-state index in [2.05, 4.69) is 39.0 Å². The van der Waals surface area contributed by atoms with Gasteiger partial charge in [0.05, 0.1) is 0 Å². The molecule has 0 aliphatic carbocycles. The highest BCUT2D eigenvalue weighted by Gasteiger charge is 2.02. The summed E-state index contributed by atoms with van der Waals surface area (Å²) in [7, 11) is 0. The van der Waals surface area contributed by atoms with E-state index < -0.39 is 0 Å². The predicted octanol–water partition coefficient (Wildman–Crippen LogP) is 16.6. The third-order valence-electron chi connectivity index (χ3n) is 9.47. The Hall–Kier alpha value is -0.0800. The van der Waals surface area contributed by atoms with Crippen LogP contribution in [0.25, 0.3) is 0 Å². The van der Waals surface area contributed by atoms with Gasteiger partial charge < -0.3 is 0 Å². The van der Waals surface area contributed by atoms with Gasteiger partial charge in [0.1, 0.15) is 0 Å². The normalized spacial score (nSPS) is 11.5. The lowest BCUT2D eigenvalue weighted by molar-refractivity contribution is 0.531. The maximum Gasteiger partial charge on any atom is 0.00858 e. The lowest BCUT2D eigenvalue weighted by Gasteiger charge is -2.08. The average Bonchev–Trinajstić information content (AvgIpc) is 3.03. The van der Waals surface area contributed by atoms with Gasteiger partial charge in [-0.25, -0.2) is 0 Å². The van der Waals surface area contributed by atoms with E-state index in [1.165, 1.54) is 232 Å². The highest BCUT2D eigenvalue weighted by atomic mass is 32.2. The first-order valence-electron chi connectivity index (χ1n) is 20.5. The molecule has 2 heteroatoms. The summed E-state index contributed by atoms with van der Waals surface area (Å²) in [6.45, 7) is 8.88. The second-order valence-electron chi connectivity index (χ2n) is 14.1. The van der Waals surface area contributed by atoms with Gasteiger partial charge in [-0.2, -0.15) is 0 Å². The Morgan fingerprint density at radius 1 is 0.333 bits per heavy atom. The maximum atomic E-state index is 4.27.